The first-order chi connectivity index (χ1) is 6.34. The van der Waals surface area contributed by atoms with Crippen LogP contribution in [0.4, 0.5) is 0 Å². The van der Waals surface area contributed by atoms with Crippen molar-refractivity contribution in [3.8, 4) is 0 Å². The number of hydrogen-bond donors (Lipinski definition) is 0. The van der Waals surface area contributed by atoms with Gasteiger partial charge in [0.1, 0.15) is 0 Å². The molecule has 2 rings (SSSR count). The minimum absolute atomic E-state index is 0.660. The lowest BCUT2D eigenvalue weighted by Gasteiger charge is -2.28. The van der Waals surface area contributed by atoms with E-state index >= 15 is 0 Å². The molecule has 0 saturated carbocycles. The second-order valence-corrected chi connectivity index (χ2v) is 5.28. The van der Waals surface area contributed by atoms with E-state index in [9.17, 15) is 0 Å². The molecule has 72 valence electrons. The van der Waals surface area contributed by atoms with Gasteiger partial charge < -0.3 is 0 Å². The van der Waals surface area contributed by atoms with Crippen molar-refractivity contribution >= 4 is 27.5 Å². The molecule has 0 aliphatic carbocycles. The summed E-state index contributed by atoms with van der Waals surface area (Å²) in [5, 5.41) is 6.07. The van der Waals surface area contributed by atoms with Crippen LogP contribution in [0.2, 0.25) is 0 Å². The van der Waals surface area contributed by atoms with Gasteiger partial charge in [-0.15, -0.1) is 5.10 Å². The van der Waals surface area contributed by atoms with E-state index in [4.69, 9.17) is 0 Å². The van der Waals surface area contributed by atoms with Gasteiger partial charge in [0.05, 0.1) is 5.69 Å². The second-order valence-electron chi connectivity index (χ2n) is 3.37. The van der Waals surface area contributed by atoms with Gasteiger partial charge in [0, 0.05) is 23.3 Å². The largest absolute Gasteiger partial charge is 0.296 e. The summed E-state index contributed by atoms with van der Waals surface area (Å²) in [5.41, 5.74) is 1.10. The normalized spacial score (nSPS) is 24.8. The van der Waals surface area contributed by atoms with E-state index < -0.39 is 0 Å². The Morgan fingerprint density at radius 2 is 2.62 bits per heavy atom. The molecule has 1 unspecified atom stereocenters. The maximum atomic E-state index is 4.05. The van der Waals surface area contributed by atoms with Crippen LogP contribution in [0.3, 0.4) is 0 Å². The first kappa shape index (κ1) is 9.55. The highest BCUT2D eigenvalue weighted by molar-refractivity contribution is 9.09. The van der Waals surface area contributed by atoms with E-state index in [1.165, 1.54) is 30.9 Å². The third kappa shape index (κ3) is 2.72. The standard InChI is InChI=1S/C8H12BrN3S/c9-7-2-1-3-12(4-7)5-8-6-13-11-10-8/h6-7H,1-5H2. The fraction of sp³-hybridized carbons (Fsp3) is 0.750. The zero-order valence-corrected chi connectivity index (χ0v) is 9.72. The monoisotopic (exact) mass is 261 g/mol. The smallest absolute Gasteiger partial charge is 0.0895 e. The van der Waals surface area contributed by atoms with E-state index in [1.54, 1.807) is 0 Å². The first-order valence-electron chi connectivity index (χ1n) is 4.47. The Bertz CT molecular complexity index is 252. The van der Waals surface area contributed by atoms with Gasteiger partial charge >= 0.3 is 0 Å². The number of hydrogen-bond acceptors (Lipinski definition) is 4. The minimum atomic E-state index is 0.660. The molecule has 2 heterocycles. The summed E-state index contributed by atoms with van der Waals surface area (Å²) in [5.74, 6) is 0. The molecule has 1 atom stereocenters. The van der Waals surface area contributed by atoms with E-state index in [0.29, 0.717) is 4.83 Å². The van der Waals surface area contributed by atoms with Crippen LogP contribution >= 0.6 is 27.5 Å². The first-order valence-corrected chi connectivity index (χ1v) is 6.22. The summed E-state index contributed by atoms with van der Waals surface area (Å²) in [6.45, 7) is 3.29. The molecule has 0 spiro atoms. The topological polar surface area (TPSA) is 29.0 Å². The molecular formula is C8H12BrN3S. The molecule has 1 aromatic heterocycles. The van der Waals surface area contributed by atoms with Crippen molar-refractivity contribution in [2.24, 2.45) is 0 Å². The van der Waals surface area contributed by atoms with Crippen LogP contribution in [0, 0.1) is 0 Å². The predicted octanol–water partition coefficient (Wildman–Crippen LogP) is 1.90. The van der Waals surface area contributed by atoms with Gasteiger partial charge in [-0.3, -0.25) is 4.90 Å². The SMILES string of the molecule is BrC1CCCN(Cc2csnn2)C1. The average molecular weight is 262 g/mol. The third-order valence-corrected chi connectivity index (χ3v) is 3.54. The number of halogens is 1. The zero-order chi connectivity index (χ0) is 9.10. The number of aromatic nitrogens is 2. The van der Waals surface area contributed by atoms with Gasteiger partial charge in [0.15, 0.2) is 0 Å². The van der Waals surface area contributed by atoms with E-state index in [1.807, 2.05) is 5.38 Å². The average Bonchev–Trinajstić information content (AvgIpc) is 2.57. The molecule has 0 N–H and O–H groups in total. The lowest BCUT2D eigenvalue weighted by molar-refractivity contribution is 0.225. The molecule has 0 bridgehead atoms. The van der Waals surface area contributed by atoms with E-state index in [2.05, 4.69) is 30.4 Å². The van der Waals surface area contributed by atoms with Crippen molar-refractivity contribution in [1.82, 2.24) is 14.5 Å². The number of alkyl halides is 1. The molecular weight excluding hydrogens is 250 g/mol. The Balaban J connectivity index is 1.87. The van der Waals surface area contributed by atoms with Crippen LogP contribution in [-0.4, -0.2) is 32.4 Å². The minimum Gasteiger partial charge on any atom is -0.296 e. The van der Waals surface area contributed by atoms with Crippen LogP contribution in [0.1, 0.15) is 18.5 Å². The zero-order valence-electron chi connectivity index (χ0n) is 7.32. The summed E-state index contributed by atoms with van der Waals surface area (Å²) >= 11 is 5.09. The number of nitrogens with zero attached hydrogens (tertiary/aromatic N) is 3. The Morgan fingerprint density at radius 1 is 1.69 bits per heavy atom. The highest BCUT2D eigenvalue weighted by Crippen LogP contribution is 2.18. The third-order valence-electron chi connectivity index (χ3n) is 2.24. The molecule has 1 fully saturated rings. The van der Waals surface area contributed by atoms with Crippen LogP contribution in [0.15, 0.2) is 5.38 Å². The van der Waals surface area contributed by atoms with Gasteiger partial charge in [-0.2, -0.15) is 0 Å². The maximum Gasteiger partial charge on any atom is 0.0895 e. The molecule has 3 nitrogen and oxygen atoms in total. The van der Waals surface area contributed by atoms with Crippen LogP contribution < -0.4 is 0 Å². The van der Waals surface area contributed by atoms with Gasteiger partial charge in [0.25, 0.3) is 0 Å². The van der Waals surface area contributed by atoms with Crippen molar-refractivity contribution < 1.29 is 0 Å². The number of rotatable bonds is 2. The van der Waals surface area contributed by atoms with Gasteiger partial charge in [-0.25, -0.2) is 0 Å². The Kier molecular flexibility index (Phi) is 3.29. The molecule has 13 heavy (non-hydrogen) atoms. The fourth-order valence-electron chi connectivity index (χ4n) is 1.62. The van der Waals surface area contributed by atoms with Crippen molar-refractivity contribution in [2.45, 2.75) is 24.2 Å². The Hall–Kier alpha value is 0. The fourth-order valence-corrected chi connectivity index (χ4v) is 2.80. The van der Waals surface area contributed by atoms with Crippen LogP contribution in [0.25, 0.3) is 0 Å². The number of piperidine rings is 1. The molecule has 1 aromatic rings. The van der Waals surface area contributed by atoms with Crippen molar-refractivity contribution in [2.75, 3.05) is 13.1 Å². The van der Waals surface area contributed by atoms with Gasteiger partial charge in [-0.1, -0.05) is 20.4 Å². The summed E-state index contributed by atoms with van der Waals surface area (Å²) in [4.78, 5) is 3.09. The molecule has 5 heteroatoms. The van der Waals surface area contributed by atoms with Crippen molar-refractivity contribution in [3.63, 3.8) is 0 Å². The van der Waals surface area contributed by atoms with Gasteiger partial charge in [0.2, 0.25) is 0 Å². The molecule has 1 saturated heterocycles. The van der Waals surface area contributed by atoms with Crippen molar-refractivity contribution in [1.29, 1.82) is 0 Å². The number of likely N-dealkylation sites (tertiary alicyclic amines) is 1. The quantitative estimate of drug-likeness (QED) is 0.762. The molecule has 1 aliphatic heterocycles. The lowest BCUT2D eigenvalue weighted by atomic mass is 10.1. The predicted molar refractivity (Wildman–Crippen MR) is 57.1 cm³/mol. The summed E-state index contributed by atoms with van der Waals surface area (Å²) in [6.07, 6.45) is 2.58. The molecule has 0 radical (unpaired) electrons. The summed E-state index contributed by atoms with van der Waals surface area (Å²) < 4.78 is 3.86. The second kappa shape index (κ2) is 4.48. The van der Waals surface area contributed by atoms with Crippen molar-refractivity contribution in [3.05, 3.63) is 11.1 Å². The van der Waals surface area contributed by atoms with Crippen LogP contribution in [0.5, 0.6) is 0 Å². The highest BCUT2D eigenvalue weighted by Gasteiger charge is 2.17. The van der Waals surface area contributed by atoms with E-state index in [0.717, 1.165) is 18.8 Å². The molecule has 0 aromatic carbocycles. The highest BCUT2D eigenvalue weighted by atomic mass is 79.9. The summed E-state index contributed by atoms with van der Waals surface area (Å²) in [7, 11) is 0. The van der Waals surface area contributed by atoms with Crippen LogP contribution in [-0.2, 0) is 6.54 Å². The van der Waals surface area contributed by atoms with E-state index in [-0.39, 0.29) is 0 Å². The molecule has 0 amide bonds. The van der Waals surface area contributed by atoms with Gasteiger partial charge in [-0.05, 0) is 30.9 Å². The summed E-state index contributed by atoms with van der Waals surface area (Å²) in [6, 6.07) is 0. The molecule has 1 aliphatic rings. The Labute approximate surface area is 90.4 Å². The lowest BCUT2D eigenvalue weighted by Crippen LogP contribution is -2.35. The Morgan fingerprint density at radius 3 is 3.31 bits per heavy atom. The maximum absolute atomic E-state index is 4.05.